The fourth-order valence-corrected chi connectivity index (χ4v) is 1.49. The highest BCUT2D eigenvalue weighted by molar-refractivity contribution is 5.86. The Labute approximate surface area is 109 Å². The van der Waals surface area contributed by atoms with Crippen molar-refractivity contribution in [2.75, 3.05) is 13.7 Å². The van der Waals surface area contributed by atoms with Crippen LogP contribution in [0.5, 0.6) is 0 Å². The smallest absolute Gasteiger partial charge is 0.373 e. The summed E-state index contributed by atoms with van der Waals surface area (Å²) in [7, 11) is 1.34. The van der Waals surface area contributed by atoms with E-state index in [1.807, 2.05) is 13.0 Å². The second kappa shape index (κ2) is 6.59. The summed E-state index contributed by atoms with van der Waals surface area (Å²) in [6, 6.07) is 3.54. The lowest BCUT2D eigenvalue weighted by Crippen LogP contribution is -2.26. The number of carbonyl (C=O) groups excluding carboxylic acids is 1. The van der Waals surface area contributed by atoms with Gasteiger partial charge in [-0.15, -0.1) is 0 Å². The van der Waals surface area contributed by atoms with Gasteiger partial charge in [-0.1, -0.05) is 20.8 Å². The standard InChI is InChI=1S/C14H23NO3/c1-9(2)10(3)8-15-11(4)12-6-7-13(18-12)14(16)17-5/h6-7,9-11,15H,8H2,1-5H3. The molecule has 4 heteroatoms. The number of ether oxygens (including phenoxy) is 1. The van der Waals surface area contributed by atoms with E-state index in [1.54, 1.807) is 6.07 Å². The van der Waals surface area contributed by atoms with E-state index in [4.69, 9.17) is 4.42 Å². The minimum atomic E-state index is -0.441. The number of methoxy groups -OCH3 is 1. The van der Waals surface area contributed by atoms with Gasteiger partial charge in [0.15, 0.2) is 0 Å². The minimum absolute atomic E-state index is 0.0876. The summed E-state index contributed by atoms with van der Waals surface area (Å²) < 4.78 is 10.1. The Bertz CT molecular complexity index is 384. The average Bonchev–Trinajstić information content (AvgIpc) is 2.83. The summed E-state index contributed by atoms with van der Waals surface area (Å²) in [5.74, 6) is 1.81. The van der Waals surface area contributed by atoms with Crippen LogP contribution in [0.4, 0.5) is 0 Å². The molecule has 1 aromatic rings. The molecule has 1 rings (SSSR count). The number of furan rings is 1. The molecule has 2 atom stereocenters. The maximum Gasteiger partial charge on any atom is 0.373 e. The molecule has 0 fully saturated rings. The zero-order valence-corrected chi connectivity index (χ0v) is 11.8. The van der Waals surface area contributed by atoms with E-state index in [1.165, 1.54) is 7.11 Å². The zero-order chi connectivity index (χ0) is 13.7. The molecular formula is C14H23NO3. The van der Waals surface area contributed by atoms with Crippen LogP contribution >= 0.6 is 0 Å². The molecule has 0 saturated heterocycles. The van der Waals surface area contributed by atoms with Crippen molar-refractivity contribution in [3.8, 4) is 0 Å². The molecule has 0 aliphatic heterocycles. The highest BCUT2D eigenvalue weighted by Gasteiger charge is 2.16. The van der Waals surface area contributed by atoms with E-state index in [2.05, 4.69) is 30.8 Å². The van der Waals surface area contributed by atoms with Gasteiger partial charge in [-0.05, 0) is 37.4 Å². The molecule has 4 nitrogen and oxygen atoms in total. The fraction of sp³-hybridized carbons (Fsp3) is 0.643. The summed E-state index contributed by atoms with van der Waals surface area (Å²) in [4.78, 5) is 11.3. The Balaban J connectivity index is 2.54. The number of hydrogen-bond donors (Lipinski definition) is 1. The predicted molar refractivity (Wildman–Crippen MR) is 70.5 cm³/mol. The van der Waals surface area contributed by atoms with E-state index < -0.39 is 5.97 Å². The van der Waals surface area contributed by atoms with Crippen LogP contribution in [-0.2, 0) is 4.74 Å². The number of carbonyl (C=O) groups is 1. The number of rotatable bonds is 6. The molecule has 0 amide bonds. The molecule has 1 N–H and O–H groups in total. The van der Waals surface area contributed by atoms with E-state index >= 15 is 0 Å². The maximum absolute atomic E-state index is 11.3. The van der Waals surface area contributed by atoms with Crippen LogP contribution in [0.1, 0.15) is 50.1 Å². The molecule has 18 heavy (non-hydrogen) atoms. The number of nitrogens with one attached hydrogen (secondary N) is 1. The van der Waals surface area contributed by atoms with Crippen molar-refractivity contribution in [3.63, 3.8) is 0 Å². The first kappa shape index (κ1) is 14.8. The van der Waals surface area contributed by atoms with Crippen molar-refractivity contribution in [1.29, 1.82) is 0 Å². The van der Waals surface area contributed by atoms with Crippen molar-refractivity contribution < 1.29 is 13.9 Å². The Hall–Kier alpha value is -1.29. The van der Waals surface area contributed by atoms with Gasteiger partial charge in [-0.2, -0.15) is 0 Å². The molecule has 0 saturated carbocycles. The second-order valence-corrected chi connectivity index (χ2v) is 5.04. The Kier molecular flexibility index (Phi) is 5.41. The third kappa shape index (κ3) is 3.88. The first-order chi connectivity index (χ1) is 8.45. The van der Waals surface area contributed by atoms with Crippen LogP contribution in [0.25, 0.3) is 0 Å². The van der Waals surface area contributed by atoms with Gasteiger partial charge >= 0.3 is 5.97 Å². The van der Waals surface area contributed by atoms with E-state index in [9.17, 15) is 4.79 Å². The Morgan fingerprint density at radius 3 is 2.56 bits per heavy atom. The van der Waals surface area contributed by atoms with Crippen LogP contribution in [0.3, 0.4) is 0 Å². The zero-order valence-electron chi connectivity index (χ0n) is 11.8. The van der Waals surface area contributed by atoms with Gasteiger partial charge in [0.25, 0.3) is 0 Å². The highest BCUT2D eigenvalue weighted by Crippen LogP contribution is 2.18. The quantitative estimate of drug-likeness (QED) is 0.792. The van der Waals surface area contributed by atoms with Gasteiger partial charge in [0.05, 0.1) is 13.2 Å². The van der Waals surface area contributed by atoms with Crippen molar-refractivity contribution in [2.45, 2.75) is 33.7 Å². The van der Waals surface area contributed by atoms with Gasteiger partial charge in [-0.25, -0.2) is 4.79 Å². The van der Waals surface area contributed by atoms with Crippen LogP contribution < -0.4 is 5.32 Å². The molecule has 0 aliphatic carbocycles. The maximum atomic E-state index is 11.3. The lowest BCUT2D eigenvalue weighted by molar-refractivity contribution is 0.0562. The van der Waals surface area contributed by atoms with Crippen LogP contribution in [0.2, 0.25) is 0 Å². The molecule has 0 radical (unpaired) electrons. The summed E-state index contributed by atoms with van der Waals surface area (Å²) in [6.45, 7) is 9.57. The molecule has 1 aromatic heterocycles. The lowest BCUT2D eigenvalue weighted by Gasteiger charge is -2.19. The summed E-state index contributed by atoms with van der Waals surface area (Å²) in [5.41, 5.74) is 0. The van der Waals surface area contributed by atoms with E-state index in [0.717, 1.165) is 12.3 Å². The highest BCUT2D eigenvalue weighted by atomic mass is 16.5. The number of esters is 1. The van der Waals surface area contributed by atoms with Crippen LogP contribution in [0, 0.1) is 11.8 Å². The molecule has 0 aromatic carbocycles. The van der Waals surface area contributed by atoms with Gasteiger partial charge < -0.3 is 14.5 Å². The van der Waals surface area contributed by atoms with Gasteiger partial charge in [-0.3, -0.25) is 0 Å². The van der Waals surface area contributed by atoms with Crippen molar-refractivity contribution in [1.82, 2.24) is 5.32 Å². The molecule has 0 bridgehead atoms. The second-order valence-electron chi connectivity index (χ2n) is 5.04. The molecule has 0 spiro atoms. The van der Waals surface area contributed by atoms with Gasteiger partial charge in [0, 0.05) is 0 Å². The van der Waals surface area contributed by atoms with Crippen molar-refractivity contribution in [3.05, 3.63) is 23.7 Å². The van der Waals surface area contributed by atoms with Gasteiger partial charge in [0.1, 0.15) is 5.76 Å². The monoisotopic (exact) mass is 253 g/mol. The fourth-order valence-electron chi connectivity index (χ4n) is 1.49. The topological polar surface area (TPSA) is 51.5 Å². The summed E-state index contributed by atoms with van der Waals surface area (Å²) in [6.07, 6.45) is 0. The van der Waals surface area contributed by atoms with Crippen LogP contribution in [-0.4, -0.2) is 19.6 Å². The summed E-state index contributed by atoms with van der Waals surface area (Å²) >= 11 is 0. The largest absolute Gasteiger partial charge is 0.463 e. The van der Waals surface area contributed by atoms with Crippen molar-refractivity contribution in [2.24, 2.45) is 11.8 Å². The third-order valence-corrected chi connectivity index (χ3v) is 3.32. The summed E-state index contributed by atoms with van der Waals surface area (Å²) in [5, 5.41) is 3.40. The van der Waals surface area contributed by atoms with Crippen molar-refractivity contribution >= 4 is 5.97 Å². The molecule has 1 heterocycles. The lowest BCUT2D eigenvalue weighted by atomic mass is 9.98. The SMILES string of the molecule is COC(=O)c1ccc(C(C)NCC(C)C(C)C)o1. The predicted octanol–water partition coefficient (Wildman–Crippen LogP) is 3.01. The normalized spacial score (nSPS) is 14.6. The average molecular weight is 253 g/mol. The molecule has 102 valence electrons. The number of hydrogen-bond acceptors (Lipinski definition) is 4. The molecule has 2 unspecified atom stereocenters. The van der Waals surface area contributed by atoms with Crippen LogP contribution in [0.15, 0.2) is 16.5 Å². The molecule has 0 aliphatic rings. The third-order valence-electron chi connectivity index (χ3n) is 3.32. The first-order valence-electron chi connectivity index (χ1n) is 6.37. The van der Waals surface area contributed by atoms with E-state index in [0.29, 0.717) is 11.8 Å². The van der Waals surface area contributed by atoms with Gasteiger partial charge in [0.2, 0.25) is 5.76 Å². The van der Waals surface area contributed by atoms with E-state index in [-0.39, 0.29) is 11.8 Å². The first-order valence-corrected chi connectivity index (χ1v) is 6.37. The Morgan fingerprint density at radius 2 is 2.00 bits per heavy atom. The minimum Gasteiger partial charge on any atom is -0.463 e. The Morgan fingerprint density at radius 1 is 1.33 bits per heavy atom. The molecular weight excluding hydrogens is 230 g/mol.